The Morgan fingerprint density at radius 3 is 2.71 bits per heavy atom. The molecule has 5 nitrogen and oxygen atoms in total. The molecule has 0 unspecified atom stereocenters. The summed E-state index contributed by atoms with van der Waals surface area (Å²) in [6, 6.07) is 7.45. The number of hydrogen-bond donors (Lipinski definition) is 2. The number of nitrogens with one attached hydrogen (secondary N) is 2. The molecule has 2 rings (SSSR count). The third kappa shape index (κ3) is 4.72. The summed E-state index contributed by atoms with van der Waals surface area (Å²) in [6.45, 7) is 8.41. The zero-order valence-corrected chi connectivity index (χ0v) is 12.9. The average molecular weight is 292 g/mol. The lowest BCUT2D eigenvalue weighted by molar-refractivity contribution is -0.130. The fourth-order valence-electron chi connectivity index (χ4n) is 1.96. The summed E-state index contributed by atoms with van der Waals surface area (Å²) in [7, 11) is 0. The number of ether oxygens (including phenoxy) is 2. The number of rotatable bonds is 7. The largest absolute Gasteiger partial charge is 0.491 e. The Kier molecular flexibility index (Phi) is 5.20. The lowest BCUT2D eigenvalue weighted by atomic mass is 10.0. The van der Waals surface area contributed by atoms with E-state index in [1.165, 1.54) is 0 Å². The highest BCUT2D eigenvalue weighted by Gasteiger charge is 2.33. The molecule has 0 aliphatic carbocycles. The second kappa shape index (κ2) is 6.91. The third-order valence-electron chi connectivity index (χ3n) is 3.28. The van der Waals surface area contributed by atoms with Crippen LogP contribution >= 0.6 is 0 Å². The van der Waals surface area contributed by atoms with Crippen LogP contribution in [0.25, 0.3) is 0 Å². The topological polar surface area (TPSA) is 59.6 Å². The number of para-hydroxylation sites is 2. The van der Waals surface area contributed by atoms with E-state index in [-0.39, 0.29) is 18.1 Å². The average Bonchev–Trinajstić information content (AvgIpc) is 2.42. The van der Waals surface area contributed by atoms with Gasteiger partial charge in [0.05, 0.1) is 17.9 Å². The molecule has 0 radical (unpaired) electrons. The van der Waals surface area contributed by atoms with Gasteiger partial charge < -0.3 is 20.1 Å². The van der Waals surface area contributed by atoms with Gasteiger partial charge in [-0.2, -0.15) is 0 Å². The van der Waals surface area contributed by atoms with Gasteiger partial charge in [0, 0.05) is 13.1 Å². The molecule has 0 spiro atoms. The Bertz CT molecular complexity index is 484. The Labute approximate surface area is 126 Å². The van der Waals surface area contributed by atoms with Gasteiger partial charge in [-0.15, -0.1) is 0 Å². The molecule has 1 saturated heterocycles. The second-order valence-corrected chi connectivity index (χ2v) is 6.09. The number of anilines is 1. The van der Waals surface area contributed by atoms with Crippen molar-refractivity contribution in [1.29, 1.82) is 0 Å². The van der Waals surface area contributed by atoms with Crippen molar-refractivity contribution in [3.63, 3.8) is 0 Å². The van der Waals surface area contributed by atoms with Gasteiger partial charge in [-0.3, -0.25) is 4.79 Å². The Morgan fingerprint density at radius 2 is 2.10 bits per heavy atom. The number of hydrogen-bond acceptors (Lipinski definition) is 4. The van der Waals surface area contributed by atoms with Gasteiger partial charge in [0.1, 0.15) is 12.4 Å². The van der Waals surface area contributed by atoms with Crippen LogP contribution in [0.5, 0.6) is 5.75 Å². The van der Waals surface area contributed by atoms with Crippen molar-refractivity contribution in [3.8, 4) is 5.75 Å². The molecule has 1 heterocycles. The fraction of sp³-hybridized carbons (Fsp3) is 0.562. The van der Waals surface area contributed by atoms with Crippen molar-refractivity contribution in [3.05, 3.63) is 24.3 Å². The van der Waals surface area contributed by atoms with Crippen molar-refractivity contribution in [2.45, 2.75) is 26.4 Å². The minimum atomic E-state index is -0.217. The zero-order chi connectivity index (χ0) is 15.3. The monoisotopic (exact) mass is 292 g/mol. The molecule has 116 valence electrons. The molecule has 0 saturated carbocycles. The molecule has 21 heavy (non-hydrogen) atoms. The molecular formula is C16H24N2O3. The lowest BCUT2D eigenvalue weighted by Gasteiger charge is -2.38. The maximum atomic E-state index is 12.0. The summed E-state index contributed by atoms with van der Waals surface area (Å²) in [5.74, 6) is 0.961. The van der Waals surface area contributed by atoms with E-state index in [2.05, 4.69) is 24.5 Å². The maximum Gasteiger partial charge on any atom is 0.250 e. The Morgan fingerprint density at radius 1 is 1.38 bits per heavy atom. The summed E-state index contributed by atoms with van der Waals surface area (Å²) in [5.41, 5.74) is 0.467. The van der Waals surface area contributed by atoms with Crippen LogP contribution in [-0.4, -0.2) is 37.8 Å². The normalized spacial score (nSPS) is 16.4. The molecule has 5 heteroatoms. The predicted molar refractivity (Wildman–Crippen MR) is 82.6 cm³/mol. The van der Waals surface area contributed by atoms with Gasteiger partial charge >= 0.3 is 0 Å². The zero-order valence-electron chi connectivity index (χ0n) is 12.9. The van der Waals surface area contributed by atoms with Crippen molar-refractivity contribution in [1.82, 2.24) is 5.32 Å². The van der Waals surface area contributed by atoms with E-state index in [1.807, 2.05) is 31.2 Å². The second-order valence-electron chi connectivity index (χ2n) is 6.09. The van der Waals surface area contributed by atoms with Crippen molar-refractivity contribution in [2.24, 2.45) is 5.92 Å². The summed E-state index contributed by atoms with van der Waals surface area (Å²) in [5, 5.41) is 5.98. The first-order chi connectivity index (χ1) is 9.98. The summed E-state index contributed by atoms with van der Waals surface area (Å²) in [4.78, 5) is 12.0. The van der Waals surface area contributed by atoms with Crippen LogP contribution < -0.4 is 15.4 Å². The van der Waals surface area contributed by atoms with E-state index in [4.69, 9.17) is 9.47 Å². The standard InChI is InChI=1S/C16H24N2O3/c1-12(2)8-20-14-7-5-4-6-13(14)18-15(19)9-21-16(3)10-17-11-16/h4-7,12,17H,8-11H2,1-3H3,(H,18,19). The molecule has 1 aromatic carbocycles. The lowest BCUT2D eigenvalue weighted by Crippen LogP contribution is -2.59. The number of amides is 1. The minimum Gasteiger partial charge on any atom is -0.491 e. The van der Waals surface area contributed by atoms with E-state index in [0.29, 0.717) is 24.0 Å². The van der Waals surface area contributed by atoms with Crippen LogP contribution in [-0.2, 0) is 9.53 Å². The molecule has 1 amide bonds. The van der Waals surface area contributed by atoms with Gasteiger partial charge in [0.15, 0.2) is 0 Å². The molecule has 1 fully saturated rings. The first kappa shape index (κ1) is 15.8. The first-order valence-corrected chi connectivity index (χ1v) is 7.35. The van der Waals surface area contributed by atoms with Gasteiger partial charge in [-0.05, 0) is 25.0 Å². The molecular weight excluding hydrogens is 268 g/mol. The number of benzene rings is 1. The van der Waals surface area contributed by atoms with Gasteiger partial charge in [0.2, 0.25) is 0 Å². The molecule has 1 aliphatic heterocycles. The van der Waals surface area contributed by atoms with Crippen molar-refractivity contribution < 1.29 is 14.3 Å². The predicted octanol–water partition coefficient (Wildman–Crippen LogP) is 2.04. The van der Waals surface area contributed by atoms with Gasteiger partial charge in [-0.25, -0.2) is 0 Å². The number of carbonyl (C=O) groups excluding carboxylic acids is 1. The quantitative estimate of drug-likeness (QED) is 0.807. The molecule has 0 atom stereocenters. The third-order valence-corrected chi connectivity index (χ3v) is 3.28. The van der Waals surface area contributed by atoms with Crippen LogP contribution in [0.15, 0.2) is 24.3 Å². The van der Waals surface area contributed by atoms with Gasteiger partial charge in [0.25, 0.3) is 5.91 Å². The Balaban J connectivity index is 1.87. The first-order valence-electron chi connectivity index (χ1n) is 7.35. The van der Waals surface area contributed by atoms with Crippen LogP contribution in [0.2, 0.25) is 0 Å². The van der Waals surface area contributed by atoms with E-state index in [9.17, 15) is 4.79 Å². The van der Waals surface area contributed by atoms with Crippen LogP contribution in [0.1, 0.15) is 20.8 Å². The summed E-state index contributed by atoms with van der Waals surface area (Å²) in [6.07, 6.45) is 0. The molecule has 1 aromatic rings. The number of carbonyl (C=O) groups is 1. The van der Waals surface area contributed by atoms with Crippen LogP contribution in [0.3, 0.4) is 0 Å². The van der Waals surface area contributed by atoms with Crippen molar-refractivity contribution >= 4 is 11.6 Å². The van der Waals surface area contributed by atoms with E-state index >= 15 is 0 Å². The minimum absolute atomic E-state index is 0.0523. The highest BCUT2D eigenvalue weighted by molar-refractivity contribution is 5.93. The molecule has 0 aromatic heterocycles. The van der Waals surface area contributed by atoms with Crippen molar-refractivity contribution in [2.75, 3.05) is 31.6 Å². The van der Waals surface area contributed by atoms with Crippen LogP contribution in [0.4, 0.5) is 5.69 Å². The highest BCUT2D eigenvalue weighted by Crippen LogP contribution is 2.24. The molecule has 2 N–H and O–H groups in total. The highest BCUT2D eigenvalue weighted by atomic mass is 16.5. The fourth-order valence-corrected chi connectivity index (χ4v) is 1.96. The van der Waals surface area contributed by atoms with E-state index in [1.54, 1.807) is 0 Å². The SMILES string of the molecule is CC(C)COc1ccccc1NC(=O)COC1(C)CNC1. The molecule has 0 bridgehead atoms. The summed E-state index contributed by atoms with van der Waals surface area (Å²) < 4.78 is 11.3. The van der Waals surface area contributed by atoms with Gasteiger partial charge in [-0.1, -0.05) is 26.0 Å². The summed E-state index contributed by atoms with van der Waals surface area (Å²) >= 11 is 0. The molecule has 1 aliphatic rings. The van der Waals surface area contributed by atoms with E-state index in [0.717, 1.165) is 13.1 Å². The van der Waals surface area contributed by atoms with Crippen LogP contribution in [0, 0.1) is 5.92 Å². The Hall–Kier alpha value is -1.59. The maximum absolute atomic E-state index is 12.0. The smallest absolute Gasteiger partial charge is 0.250 e. The van der Waals surface area contributed by atoms with E-state index < -0.39 is 0 Å².